The zero-order chi connectivity index (χ0) is 45.8. The van der Waals surface area contributed by atoms with Gasteiger partial charge in [-0.1, -0.05) is 228 Å². The Balaban J connectivity index is 0.984. The summed E-state index contributed by atoms with van der Waals surface area (Å²) in [5, 5.41) is 0. The minimum absolute atomic E-state index is 0.0614. The summed E-state index contributed by atoms with van der Waals surface area (Å²) in [5.74, 6) is 0. The second-order valence-corrected chi connectivity index (χ2v) is 20.0. The fourth-order valence-corrected chi connectivity index (χ4v) is 12.7. The molecule has 13 rings (SSSR count). The Bertz CT molecular complexity index is 3580. The SMILES string of the molecule is CC1(C)c2ccccc2-c2ccc(-c3ccc(N(c4cccc(-c5cccc6c5C(C)(C)c5ccccc5C65c6ccccc6-c6ccccc65)c4)c4ccccc4-c4ccccc4)cc3)cc21. The highest BCUT2D eigenvalue weighted by Crippen LogP contribution is 2.63. The molecule has 10 aromatic rings. The third-order valence-corrected chi connectivity index (χ3v) is 15.7. The maximum atomic E-state index is 2.46. The highest BCUT2D eigenvalue weighted by molar-refractivity contribution is 5.93. The maximum Gasteiger partial charge on any atom is 0.0719 e. The van der Waals surface area contributed by atoms with Gasteiger partial charge in [0.2, 0.25) is 0 Å². The molecule has 0 aliphatic heterocycles. The van der Waals surface area contributed by atoms with E-state index in [1.54, 1.807) is 0 Å². The summed E-state index contributed by atoms with van der Waals surface area (Å²) < 4.78 is 0. The molecule has 324 valence electrons. The van der Waals surface area contributed by atoms with Gasteiger partial charge >= 0.3 is 0 Å². The van der Waals surface area contributed by atoms with Gasteiger partial charge < -0.3 is 4.90 Å². The summed E-state index contributed by atoms with van der Waals surface area (Å²) in [7, 11) is 0. The summed E-state index contributed by atoms with van der Waals surface area (Å²) in [6.45, 7) is 9.58. The maximum absolute atomic E-state index is 2.46. The van der Waals surface area contributed by atoms with Gasteiger partial charge in [-0.25, -0.2) is 0 Å². The summed E-state index contributed by atoms with van der Waals surface area (Å²) >= 11 is 0. The van der Waals surface area contributed by atoms with E-state index in [1.165, 1.54) is 100 Å². The summed E-state index contributed by atoms with van der Waals surface area (Å²) in [6.07, 6.45) is 0. The minimum Gasteiger partial charge on any atom is -0.310 e. The predicted molar refractivity (Wildman–Crippen MR) is 284 cm³/mol. The Hall–Kier alpha value is -8.00. The van der Waals surface area contributed by atoms with Gasteiger partial charge in [0.25, 0.3) is 0 Å². The molecule has 3 aliphatic rings. The number of benzene rings is 10. The molecule has 0 fully saturated rings. The molecule has 1 spiro atoms. The van der Waals surface area contributed by atoms with Gasteiger partial charge in [0.1, 0.15) is 0 Å². The van der Waals surface area contributed by atoms with Crippen LogP contribution >= 0.6 is 0 Å². The number of nitrogens with zero attached hydrogens (tertiary/aromatic N) is 1. The van der Waals surface area contributed by atoms with Crippen molar-refractivity contribution in [1.29, 1.82) is 0 Å². The quantitative estimate of drug-likeness (QED) is 0.161. The van der Waals surface area contributed by atoms with Crippen molar-refractivity contribution in [3.8, 4) is 55.6 Å². The van der Waals surface area contributed by atoms with Crippen molar-refractivity contribution in [2.75, 3.05) is 4.90 Å². The smallest absolute Gasteiger partial charge is 0.0719 e. The minimum atomic E-state index is -0.455. The molecule has 0 amide bonds. The first-order chi connectivity index (χ1) is 33.3. The van der Waals surface area contributed by atoms with Crippen molar-refractivity contribution in [3.05, 3.63) is 281 Å². The molecule has 0 bridgehead atoms. The topological polar surface area (TPSA) is 3.24 Å². The van der Waals surface area contributed by atoms with Gasteiger partial charge in [-0.3, -0.25) is 0 Å². The van der Waals surface area contributed by atoms with Gasteiger partial charge in [-0.2, -0.15) is 0 Å². The van der Waals surface area contributed by atoms with Crippen LogP contribution < -0.4 is 4.90 Å². The van der Waals surface area contributed by atoms with Crippen LogP contribution in [0, 0.1) is 0 Å². The van der Waals surface area contributed by atoms with Crippen LogP contribution in [0.1, 0.15) is 72.2 Å². The first-order valence-corrected chi connectivity index (χ1v) is 24.1. The van der Waals surface area contributed by atoms with Crippen molar-refractivity contribution < 1.29 is 0 Å². The summed E-state index contributed by atoms with van der Waals surface area (Å²) in [6, 6.07) is 88.6. The highest BCUT2D eigenvalue weighted by atomic mass is 15.1. The van der Waals surface area contributed by atoms with E-state index in [4.69, 9.17) is 0 Å². The molecule has 10 aromatic carbocycles. The Morgan fingerprint density at radius 3 is 1.47 bits per heavy atom. The Labute approximate surface area is 400 Å². The first-order valence-electron chi connectivity index (χ1n) is 24.1. The zero-order valence-corrected chi connectivity index (χ0v) is 39.0. The zero-order valence-electron chi connectivity index (χ0n) is 39.0. The third kappa shape index (κ3) is 5.69. The van der Waals surface area contributed by atoms with Crippen molar-refractivity contribution in [2.24, 2.45) is 0 Å². The number of para-hydroxylation sites is 1. The molecule has 1 heteroatoms. The summed E-state index contributed by atoms with van der Waals surface area (Å²) in [4.78, 5) is 2.46. The molecule has 0 saturated carbocycles. The number of hydrogen-bond acceptors (Lipinski definition) is 1. The standard InChI is InChI=1S/C67H51N/c1-65(2)56-29-12-8-25-52(56)55-41-38-46(43-62(55)65)44-36-39-48(40-37-44)68(63-35-17-11-24-50(63)45-20-6-5-7-21-45)49-23-18-22-47(42-49)51-28-19-34-61-64(51)66(3,4)59-32-15-16-33-60(59)67(61)57-30-13-9-26-53(57)54-27-10-14-31-58(54)67/h5-43H,1-4H3. The Morgan fingerprint density at radius 1 is 0.265 bits per heavy atom. The van der Waals surface area contributed by atoms with E-state index in [2.05, 4.69) is 269 Å². The van der Waals surface area contributed by atoms with Crippen molar-refractivity contribution >= 4 is 17.1 Å². The normalized spacial score (nSPS) is 14.8. The molecular weight excluding hydrogens is 819 g/mol. The molecule has 0 aromatic heterocycles. The molecule has 0 radical (unpaired) electrons. The van der Waals surface area contributed by atoms with Crippen molar-refractivity contribution in [1.82, 2.24) is 0 Å². The van der Waals surface area contributed by atoms with Crippen molar-refractivity contribution in [3.63, 3.8) is 0 Å². The predicted octanol–water partition coefficient (Wildman–Crippen LogP) is 17.5. The van der Waals surface area contributed by atoms with Crippen molar-refractivity contribution in [2.45, 2.75) is 43.9 Å². The highest BCUT2D eigenvalue weighted by Gasteiger charge is 2.53. The van der Waals surface area contributed by atoms with Gasteiger partial charge in [0.15, 0.2) is 0 Å². The fourth-order valence-electron chi connectivity index (χ4n) is 12.7. The fraction of sp³-hybridized carbons (Fsp3) is 0.104. The number of fused-ring (bicyclic) bond motifs is 12. The number of hydrogen-bond donors (Lipinski definition) is 0. The first kappa shape index (κ1) is 40.3. The van der Waals surface area contributed by atoms with Crippen LogP contribution in [0.5, 0.6) is 0 Å². The molecule has 0 N–H and O–H groups in total. The molecule has 0 atom stereocenters. The Kier molecular flexibility index (Phi) is 8.89. The van der Waals surface area contributed by atoms with E-state index in [9.17, 15) is 0 Å². The van der Waals surface area contributed by atoms with Crippen LogP contribution in [-0.2, 0) is 16.2 Å². The van der Waals surface area contributed by atoms with E-state index in [0.717, 1.165) is 17.1 Å². The molecular formula is C67H51N. The lowest BCUT2D eigenvalue weighted by Gasteiger charge is -2.47. The molecule has 0 unspecified atom stereocenters. The second-order valence-electron chi connectivity index (χ2n) is 20.0. The lowest BCUT2D eigenvalue weighted by Crippen LogP contribution is -2.41. The average Bonchev–Trinajstić information content (AvgIpc) is 3.81. The van der Waals surface area contributed by atoms with Gasteiger partial charge in [0.05, 0.1) is 11.1 Å². The van der Waals surface area contributed by atoms with E-state index in [-0.39, 0.29) is 10.8 Å². The van der Waals surface area contributed by atoms with Crippen LogP contribution in [0.3, 0.4) is 0 Å². The van der Waals surface area contributed by atoms with E-state index >= 15 is 0 Å². The van der Waals surface area contributed by atoms with Crippen LogP contribution in [0.25, 0.3) is 55.6 Å². The van der Waals surface area contributed by atoms with Crippen LogP contribution in [-0.4, -0.2) is 0 Å². The van der Waals surface area contributed by atoms with Gasteiger partial charge in [-0.15, -0.1) is 0 Å². The third-order valence-electron chi connectivity index (χ3n) is 15.7. The van der Waals surface area contributed by atoms with Crippen LogP contribution in [0.15, 0.2) is 237 Å². The van der Waals surface area contributed by atoms with E-state index in [0.29, 0.717) is 0 Å². The molecule has 0 heterocycles. The van der Waals surface area contributed by atoms with Gasteiger partial charge in [0, 0.05) is 27.8 Å². The molecule has 0 saturated heterocycles. The number of anilines is 3. The lowest BCUT2D eigenvalue weighted by molar-refractivity contribution is 0.565. The van der Waals surface area contributed by atoms with Crippen LogP contribution in [0.4, 0.5) is 17.1 Å². The summed E-state index contributed by atoms with van der Waals surface area (Å²) in [5.41, 5.74) is 26.1. The Morgan fingerprint density at radius 2 is 0.765 bits per heavy atom. The van der Waals surface area contributed by atoms with E-state index in [1.807, 2.05) is 0 Å². The second kappa shape index (κ2) is 15.0. The number of rotatable bonds is 6. The molecule has 68 heavy (non-hydrogen) atoms. The average molecular weight is 870 g/mol. The van der Waals surface area contributed by atoms with Crippen LogP contribution in [0.2, 0.25) is 0 Å². The lowest BCUT2D eigenvalue weighted by atomic mass is 9.54. The molecule has 3 aliphatic carbocycles. The van der Waals surface area contributed by atoms with Gasteiger partial charge in [-0.05, 0) is 131 Å². The monoisotopic (exact) mass is 869 g/mol. The largest absolute Gasteiger partial charge is 0.310 e. The molecule has 1 nitrogen and oxygen atoms in total. The van der Waals surface area contributed by atoms with E-state index < -0.39 is 5.41 Å².